The second-order valence-corrected chi connectivity index (χ2v) is 7.43. The molecule has 3 heterocycles. The summed E-state index contributed by atoms with van der Waals surface area (Å²) in [5, 5.41) is 10.8. The highest BCUT2D eigenvalue weighted by Crippen LogP contribution is 2.30. The Morgan fingerprint density at radius 3 is 2.66 bits per heavy atom. The summed E-state index contributed by atoms with van der Waals surface area (Å²) >= 11 is 0. The minimum absolute atomic E-state index is 0. The molecule has 2 aliphatic heterocycles. The Morgan fingerprint density at radius 2 is 1.97 bits per heavy atom. The van der Waals surface area contributed by atoms with Gasteiger partial charge in [0.2, 0.25) is 5.91 Å². The summed E-state index contributed by atoms with van der Waals surface area (Å²) in [5.41, 5.74) is 7.67. The van der Waals surface area contributed by atoms with E-state index in [0.29, 0.717) is 16.9 Å². The summed E-state index contributed by atoms with van der Waals surface area (Å²) in [6.07, 6.45) is 6.24. The number of hydrogen-bond donors (Lipinski definition) is 3. The molecule has 0 bridgehead atoms. The normalized spacial score (nSPS) is 18.9. The van der Waals surface area contributed by atoms with Crippen LogP contribution >= 0.6 is 12.4 Å². The fraction of sp³-hybridized carbons (Fsp3) is 0.450. The van der Waals surface area contributed by atoms with Crippen molar-refractivity contribution in [2.75, 3.05) is 36.4 Å². The zero-order chi connectivity index (χ0) is 19.5. The van der Waals surface area contributed by atoms with E-state index < -0.39 is 5.91 Å². The van der Waals surface area contributed by atoms with E-state index in [1.807, 2.05) is 16.9 Å². The highest BCUT2D eigenvalue weighted by molar-refractivity contribution is 6.06. The molecule has 1 aromatic heterocycles. The van der Waals surface area contributed by atoms with E-state index in [-0.39, 0.29) is 24.4 Å². The molecule has 2 aromatic rings. The number of nitrogens with one attached hydrogen (secondary N) is 2. The number of piperidine rings is 1. The molecule has 9 heteroatoms. The quantitative estimate of drug-likeness (QED) is 0.690. The summed E-state index contributed by atoms with van der Waals surface area (Å²) in [5.74, 6) is -0.804. The van der Waals surface area contributed by atoms with Crippen molar-refractivity contribution in [1.29, 1.82) is 0 Å². The first-order valence-electron chi connectivity index (χ1n) is 9.88. The van der Waals surface area contributed by atoms with Crippen LogP contribution in [0.4, 0.5) is 11.4 Å². The molecule has 0 spiro atoms. The Hall–Kier alpha value is -2.58. The van der Waals surface area contributed by atoms with E-state index in [1.165, 1.54) is 0 Å². The van der Waals surface area contributed by atoms with E-state index >= 15 is 0 Å². The van der Waals surface area contributed by atoms with Crippen molar-refractivity contribution in [3.05, 3.63) is 41.7 Å². The molecule has 4 rings (SSSR count). The number of aromatic nitrogens is 2. The molecule has 4 N–H and O–H groups in total. The second-order valence-electron chi connectivity index (χ2n) is 7.43. The van der Waals surface area contributed by atoms with Gasteiger partial charge in [0.25, 0.3) is 5.91 Å². The van der Waals surface area contributed by atoms with Crippen LogP contribution in [0.3, 0.4) is 0 Å². The van der Waals surface area contributed by atoms with Crippen LogP contribution < -0.4 is 21.3 Å². The predicted octanol–water partition coefficient (Wildman–Crippen LogP) is 2.18. The number of nitrogens with two attached hydrogens (primary N) is 1. The number of amides is 2. The van der Waals surface area contributed by atoms with Crippen molar-refractivity contribution in [2.45, 2.75) is 31.7 Å². The molecule has 1 unspecified atom stereocenters. The van der Waals surface area contributed by atoms with E-state index in [0.717, 1.165) is 57.5 Å². The van der Waals surface area contributed by atoms with Crippen molar-refractivity contribution < 1.29 is 9.59 Å². The number of nitrogens with zero attached hydrogens (tertiary/aromatic N) is 3. The molecule has 2 amide bonds. The van der Waals surface area contributed by atoms with Crippen LogP contribution in [0.5, 0.6) is 0 Å². The van der Waals surface area contributed by atoms with Gasteiger partial charge in [0.1, 0.15) is 0 Å². The maximum Gasteiger partial charge on any atom is 0.276 e. The number of anilines is 2. The summed E-state index contributed by atoms with van der Waals surface area (Å²) in [7, 11) is 0. The Bertz CT molecular complexity index is 872. The van der Waals surface area contributed by atoms with Gasteiger partial charge in [0, 0.05) is 31.4 Å². The lowest BCUT2D eigenvalue weighted by Gasteiger charge is -2.23. The molecule has 1 aromatic carbocycles. The smallest absolute Gasteiger partial charge is 0.276 e. The summed E-state index contributed by atoms with van der Waals surface area (Å²) in [4.78, 5) is 26.6. The van der Waals surface area contributed by atoms with Crippen molar-refractivity contribution in [3.8, 4) is 0 Å². The molecular weight excluding hydrogens is 392 g/mol. The van der Waals surface area contributed by atoms with Gasteiger partial charge in [-0.1, -0.05) is 0 Å². The van der Waals surface area contributed by atoms with Gasteiger partial charge in [-0.2, -0.15) is 5.10 Å². The van der Waals surface area contributed by atoms with Crippen molar-refractivity contribution >= 4 is 35.6 Å². The average molecular weight is 419 g/mol. The number of halogens is 1. The Morgan fingerprint density at radius 1 is 1.17 bits per heavy atom. The average Bonchev–Trinajstić information content (AvgIpc) is 3.41. The molecule has 156 valence electrons. The molecule has 2 aliphatic rings. The molecule has 29 heavy (non-hydrogen) atoms. The number of hydrogen-bond acceptors (Lipinski definition) is 5. The number of carbonyl (C=O) groups excluding carboxylic acids is 2. The molecule has 2 fully saturated rings. The van der Waals surface area contributed by atoms with Gasteiger partial charge < -0.3 is 21.3 Å². The molecule has 0 radical (unpaired) electrons. The van der Waals surface area contributed by atoms with Crippen LogP contribution in [0.2, 0.25) is 0 Å². The van der Waals surface area contributed by atoms with Gasteiger partial charge in [-0.3, -0.25) is 14.3 Å². The fourth-order valence-electron chi connectivity index (χ4n) is 3.93. The summed E-state index contributed by atoms with van der Waals surface area (Å²) < 4.78 is 1.86. The highest BCUT2D eigenvalue weighted by atomic mass is 35.5. The molecule has 8 nitrogen and oxygen atoms in total. The van der Waals surface area contributed by atoms with Crippen LogP contribution in [0, 0.1) is 0 Å². The molecule has 2 saturated heterocycles. The van der Waals surface area contributed by atoms with E-state index in [9.17, 15) is 9.59 Å². The standard InChI is InChI=1S/C20H26N6O2.ClH/c21-19(27)14-5-6-18(25-9-1-2-10-25)17(12-14)23-20(28)16-7-11-26(24-16)15-4-3-8-22-13-15;/h5-7,11-12,15,22H,1-4,8-10,13H2,(H2,21,27)(H,23,28);1H. The molecular formula is C20H27ClN6O2. The third-order valence-corrected chi connectivity index (χ3v) is 5.46. The Labute approximate surface area is 176 Å². The van der Waals surface area contributed by atoms with Gasteiger partial charge in [-0.05, 0) is 56.5 Å². The number of primary amides is 1. The topological polar surface area (TPSA) is 105 Å². The molecule has 0 saturated carbocycles. The molecule has 0 aliphatic carbocycles. The van der Waals surface area contributed by atoms with Crippen molar-refractivity contribution in [2.24, 2.45) is 5.73 Å². The van der Waals surface area contributed by atoms with E-state index in [2.05, 4.69) is 20.6 Å². The highest BCUT2D eigenvalue weighted by Gasteiger charge is 2.21. The Kier molecular flexibility index (Phi) is 6.76. The van der Waals surface area contributed by atoms with Crippen LogP contribution in [-0.4, -0.2) is 47.8 Å². The predicted molar refractivity (Wildman–Crippen MR) is 115 cm³/mol. The van der Waals surface area contributed by atoms with Crippen molar-refractivity contribution in [1.82, 2.24) is 15.1 Å². The van der Waals surface area contributed by atoms with Crippen LogP contribution in [0.1, 0.15) is 52.6 Å². The Balaban J connectivity index is 0.00000240. The van der Waals surface area contributed by atoms with Crippen LogP contribution in [0.15, 0.2) is 30.5 Å². The largest absolute Gasteiger partial charge is 0.370 e. The number of carbonyl (C=O) groups is 2. The van der Waals surface area contributed by atoms with Crippen molar-refractivity contribution in [3.63, 3.8) is 0 Å². The maximum absolute atomic E-state index is 12.8. The van der Waals surface area contributed by atoms with E-state index in [4.69, 9.17) is 5.73 Å². The number of rotatable bonds is 5. The van der Waals surface area contributed by atoms with Gasteiger partial charge in [-0.25, -0.2) is 0 Å². The second kappa shape index (κ2) is 9.28. The third kappa shape index (κ3) is 4.71. The summed E-state index contributed by atoms with van der Waals surface area (Å²) in [6.45, 7) is 3.76. The maximum atomic E-state index is 12.8. The lowest BCUT2D eigenvalue weighted by molar-refractivity contribution is 0.0995. The van der Waals surface area contributed by atoms with Gasteiger partial charge in [0.15, 0.2) is 5.69 Å². The van der Waals surface area contributed by atoms with Gasteiger partial charge in [0.05, 0.1) is 17.4 Å². The fourth-order valence-corrected chi connectivity index (χ4v) is 3.93. The monoisotopic (exact) mass is 418 g/mol. The van der Waals surface area contributed by atoms with Crippen LogP contribution in [-0.2, 0) is 0 Å². The summed E-state index contributed by atoms with van der Waals surface area (Å²) in [6, 6.07) is 7.21. The zero-order valence-corrected chi connectivity index (χ0v) is 17.1. The zero-order valence-electron chi connectivity index (χ0n) is 16.3. The molecule has 1 atom stereocenters. The first kappa shape index (κ1) is 21.1. The lowest BCUT2D eigenvalue weighted by Crippen LogP contribution is -2.32. The minimum Gasteiger partial charge on any atom is -0.370 e. The third-order valence-electron chi connectivity index (χ3n) is 5.46. The van der Waals surface area contributed by atoms with Gasteiger partial charge >= 0.3 is 0 Å². The minimum atomic E-state index is -0.516. The lowest BCUT2D eigenvalue weighted by atomic mass is 10.1. The first-order chi connectivity index (χ1) is 13.6. The SMILES string of the molecule is Cl.NC(=O)c1ccc(N2CCCC2)c(NC(=O)c2ccn(C3CCCNC3)n2)c1. The number of benzene rings is 1. The van der Waals surface area contributed by atoms with Crippen LogP contribution in [0.25, 0.3) is 0 Å². The van der Waals surface area contributed by atoms with E-state index in [1.54, 1.807) is 18.2 Å². The first-order valence-corrected chi connectivity index (χ1v) is 9.88. The van der Waals surface area contributed by atoms with Gasteiger partial charge in [-0.15, -0.1) is 12.4 Å².